The van der Waals surface area contributed by atoms with Crippen molar-refractivity contribution in [3.05, 3.63) is 12.7 Å². The van der Waals surface area contributed by atoms with E-state index in [0.717, 1.165) is 0 Å². The molecule has 0 aliphatic carbocycles. The lowest BCUT2D eigenvalue weighted by Crippen LogP contribution is -2.17. The first-order chi connectivity index (χ1) is 3.43. The van der Waals surface area contributed by atoms with E-state index < -0.39 is 0 Å². The fourth-order valence-corrected chi connectivity index (χ4v) is 0.913. The zero-order valence-electron chi connectivity index (χ0n) is 4.89. The van der Waals surface area contributed by atoms with Crippen molar-refractivity contribution in [2.75, 3.05) is 6.54 Å². The van der Waals surface area contributed by atoms with E-state index in [1.165, 1.54) is 19.4 Å². The van der Waals surface area contributed by atoms with Crippen LogP contribution in [0.5, 0.6) is 0 Å². The summed E-state index contributed by atoms with van der Waals surface area (Å²) in [7, 11) is 0. The molecule has 2 heteroatoms. The summed E-state index contributed by atoms with van der Waals surface area (Å²) in [4.78, 5) is 0. The van der Waals surface area contributed by atoms with Crippen molar-refractivity contribution in [2.24, 2.45) is 0 Å². The van der Waals surface area contributed by atoms with Gasteiger partial charge >= 0.3 is 0 Å². The molecule has 0 aromatic heterocycles. The van der Waals surface area contributed by atoms with Gasteiger partial charge in [0.05, 0.1) is 0 Å². The number of rotatable bonds is 1. The fourth-order valence-electron chi connectivity index (χ4n) is 0.913. The Hall–Kier alpha value is -0.0100. The monoisotopic (exact) mass is 133 g/mol. The first-order valence-corrected chi connectivity index (χ1v) is 2.79. The van der Waals surface area contributed by atoms with Crippen LogP contribution in [0.4, 0.5) is 0 Å². The van der Waals surface area contributed by atoms with Gasteiger partial charge in [-0.25, -0.2) is 0 Å². The molecule has 0 amide bonds. The summed E-state index contributed by atoms with van der Waals surface area (Å²) in [6.07, 6.45) is 4.58. The molecular weight excluding hydrogens is 122 g/mol. The zero-order chi connectivity index (χ0) is 5.11. The molecule has 1 rings (SSSR count). The Balaban J connectivity index is 0.000000490. The van der Waals surface area contributed by atoms with Gasteiger partial charge in [0.2, 0.25) is 0 Å². The number of hydrogen-bond donors (Lipinski definition) is 1. The maximum atomic E-state index is 3.68. The quantitative estimate of drug-likeness (QED) is 0.533. The minimum Gasteiger partial charge on any atom is -0.311 e. The molecule has 8 heavy (non-hydrogen) atoms. The summed E-state index contributed by atoms with van der Waals surface area (Å²) in [6.45, 7) is 4.86. The summed E-state index contributed by atoms with van der Waals surface area (Å²) in [5, 5.41) is 3.29. The Morgan fingerprint density at radius 1 is 1.62 bits per heavy atom. The number of nitrogens with one attached hydrogen (secondary N) is 1. The van der Waals surface area contributed by atoms with Gasteiger partial charge in [-0.1, -0.05) is 6.08 Å². The van der Waals surface area contributed by atoms with Gasteiger partial charge in [-0.15, -0.1) is 19.0 Å². The molecule has 1 N–H and O–H groups in total. The molecule has 48 valence electrons. The van der Waals surface area contributed by atoms with Crippen LogP contribution in [0.1, 0.15) is 12.8 Å². The Kier molecular flexibility index (Phi) is 3.92. The minimum atomic E-state index is 0. The van der Waals surface area contributed by atoms with Crippen molar-refractivity contribution in [1.82, 2.24) is 5.32 Å². The first kappa shape index (κ1) is 7.99. The van der Waals surface area contributed by atoms with E-state index in [4.69, 9.17) is 0 Å². The Bertz CT molecular complexity index is 66.9. The Labute approximate surface area is 56.6 Å². The lowest BCUT2D eigenvalue weighted by molar-refractivity contribution is 0.729. The third kappa shape index (κ3) is 1.85. The third-order valence-corrected chi connectivity index (χ3v) is 1.38. The van der Waals surface area contributed by atoms with Crippen LogP contribution in [0.15, 0.2) is 12.7 Å². The van der Waals surface area contributed by atoms with Crippen molar-refractivity contribution >= 4 is 12.4 Å². The van der Waals surface area contributed by atoms with Crippen molar-refractivity contribution in [3.63, 3.8) is 0 Å². The molecule has 0 bridgehead atoms. The smallest absolute Gasteiger partial charge is 0.0247 e. The average Bonchev–Trinajstić information content (AvgIpc) is 2.14. The highest BCUT2D eigenvalue weighted by Crippen LogP contribution is 2.03. The van der Waals surface area contributed by atoms with Gasteiger partial charge in [0, 0.05) is 6.04 Å². The topological polar surface area (TPSA) is 12.0 Å². The maximum Gasteiger partial charge on any atom is 0.0247 e. The summed E-state index contributed by atoms with van der Waals surface area (Å²) < 4.78 is 0. The highest BCUT2D eigenvalue weighted by Gasteiger charge is 2.07. The maximum absolute atomic E-state index is 3.68. The minimum absolute atomic E-state index is 0. The van der Waals surface area contributed by atoms with Crippen molar-refractivity contribution in [1.29, 1.82) is 0 Å². The van der Waals surface area contributed by atoms with Crippen LogP contribution in [0.25, 0.3) is 0 Å². The van der Waals surface area contributed by atoms with Gasteiger partial charge in [0.25, 0.3) is 0 Å². The van der Waals surface area contributed by atoms with E-state index in [-0.39, 0.29) is 12.4 Å². The van der Waals surface area contributed by atoms with E-state index >= 15 is 0 Å². The first-order valence-electron chi connectivity index (χ1n) is 2.79. The Morgan fingerprint density at radius 2 is 2.38 bits per heavy atom. The summed E-state index contributed by atoms with van der Waals surface area (Å²) in [5.74, 6) is 0. The summed E-state index contributed by atoms with van der Waals surface area (Å²) in [6, 6.07) is 0.611. The SMILES string of the molecule is C=C[C@H]1CCCN1.Cl. The fraction of sp³-hybridized carbons (Fsp3) is 0.667. The summed E-state index contributed by atoms with van der Waals surface area (Å²) >= 11 is 0. The largest absolute Gasteiger partial charge is 0.311 e. The number of halogens is 1. The molecule has 1 aliphatic heterocycles. The van der Waals surface area contributed by atoms with Crippen molar-refractivity contribution in [2.45, 2.75) is 18.9 Å². The van der Waals surface area contributed by atoms with Gasteiger partial charge in [-0.05, 0) is 19.4 Å². The van der Waals surface area contributed by atoms with Crippen LogP contribution in [0, 0.1) is 0 Å². The van der Waals surface area contributed by atoms with Crippen molar-refractivity contribution in [3.8, 4) is 0 Å². The molecule has 1 saturated heterocycles. The van der Waals surface area contributed by atoms with Gasteiger partial charge in [0.1, 0.15) is 0 Å². The van der Waals surface area contributed by atoms with Gasteiger partial charge in [-0.2, -0.15) is 0 Å². The van der Waals surface area contributed by atoms with Crippen LogP contribution in [0.2, 0.25) is 0 Å². The molecule has 0 saturated carbocycles. The van der Waals surface area contributed by atoms with Crippen LogP contribution in [-0.4, -0.2) is 12.6 Å². The van der Waals surface area contributed by atoms with E-state index in [1.807, 2.05) is 6.08 Å². The van der Waals surface area contributed by atoms with Crippen LogP contribution in [0.3, 0.4) is 0 Å². The molecule has 0 aromatic rings. The predicted molar refractivity (Wildman–Crippen MR) is 38.5 cm³/mol. The van der Waals surface area contributed by atoms with Crippen molar-refractivity contribution < 1.29 is 0 Å². The predicted octanol–water partition coefficient (Wildman–Crippen LogP) is 1.35. The third-order valence-electron chi connectivity index (χ3n) is 1.38. The molecular formula is C6H12ClN. The highest BCUT2D eigenvalue weighted by molar-refractivity contribution is 5.85. The normalized spacial score (nSPS) is 26.8. The standard InChI is InChI=1S/C6H11N.ClH/c1-2-6-4-3-5-7-6;/h2,6-7H,1,3-5H2;1H/t6-;/m0./s1. The molecule has 1 aliphatic rings. The van der Waals surface area contributed by atoms with E-state index in [9.17, 15) is 0 Å². The van der Waals surface area contributed by atoms with E-state index in [2.05, 4.69) is 11.9 Å². The molecule has 1 fully saturated rings. The van der Waals surface area contributed by atoms with E-state index in [1.54, 1.807) is 0 Å². The second kappa shape index (κ2) is 3.93. The highest BCUT2D eigenvalue weighted by atomic mass is 35.5. The van der Waals surface area contributed by atoms with Gasteiger partial charge in [-0.3, -0.25) is 0 Å². The van der Waals surface area contributed by atoms with Crippen LogP contribution < -0.4 is 5.32 Å². The molecule has 0 spiro atoms. The molecule has 1 nitrogen and oxygen atoms in total. The van der Waals surface area contributed by atoms with Crippen LogP contribution in [-0.2, 0) is 0 Å². The summed E-state index contributed by atoms with van der Waals surface area (Å²) in [5.41, 5.74) is 0. The van der Waals surface area contributed by atoms with Gasteiger partial charge < -0.3 is 5.32 Å². The number of hydrogen-bond acceptors (Lipinski definition) is 1. The Morgan fingerprint density at radius 3 is 2.62 bits per heavy atom. The second-order valence-electron chi connectivity index (χ2n) is 1.94. The van der Waals surface area contributed by atoms with Crippen LogP contribution >= 0.6 is 12.4 Å². The van der Waals surface area contributed by atoms with Gasteiger partial charge in [0.15, 0.2) is 0 Å². The molecule has 1 atom stereocenters. The zero-order valence-corrected chi connectivity index (χ0v) is 5.71. The molecule has 0 aromatic carbocycles. The van der Waals surface area contributed by atoms with E-state index in [0.29, 0.717) is 6.04 Å². The lowest BCUT2D eigenvalue weighted by atomic mass is 10.2. The molecule has 0 radical (unpaired) electrons. The molecule has 0 unspecified atom stereocenters. The molecule has 1 heterocycles. The lowest BCUT2D eigenvalue weighted by Gasteiger charge is -1.97. The average molecular weight is 134 g/mol. The second-order valence-corrected chi connectivity index (χ2v) is 1.94.